The Morgan fingerprint density at radius 2 is 1.86 bits per heavy atom. The molecule has 4 heteroatoms. The zero-order chi connectivity index (χ0) is 14.8. The molecule has 1 aromatic heterocycles. The molecule has 0 radical (unpaired) electrons. The van der Waals surface area contributed by atoms with Crippen LogP contribution in [-0.2, 0) is 0 Å². The van der Waals surface area contributed by atoms with E-state index in [9.17, 15) is 0 Å². The van der Waals surface area contributed by atoms with Crippen molar-refractivity contribution in [3.63, 3.8) is 0 Å². The molecule has 0 bridgehead atoms. The molecular formula is C17H16BrNO2. The van der Waals surface area contributed by atoms with E-state index in [2.05, 4.69) is 40.3 Å². The number of anilines is 1. The smallest absolute Gasteiger partial charge is 0.134 e. The average Bonchev–Trinajstić information content (AvgIpc) is 2.91. The summed E-state index contributed by atoms with van der Waals surface area (Å²) in [4.78, 5) is 0. The van der Waals surface area contributed by atoms with Crippen LogP contribution >= 0.6 is 15.9 Å². The second kappa shape index (κ2) is 5.82. The zero-order valence-corrected chi connectivity index (χ0v) is 13.5. The highest BCUT2D eigenvalue weighted by Crippen LogP contribution is 2.28. The van der Waals surface area contributed by atoms with Crippen LogP contribution < -0.4 is 10.1 Å². The summed E-state index contributed by atoms with van der Waals surface area (Å²) in [5.74, 6) is 1.76. The van der Waals surface area contributed by atoms with E-state index in [-0.39, 0.29) is 6.04 Å². The summed E-state index contributed by atoms with van der Waals surface area (Å²) in [6, 6.07) is 16.0. The van der Waals surface area contributed by atoms with Crippen LogP contribution in [0.5, 0.6) is 5.75 Å². The van der Waals surface area contributed by atoms with Crippen molar-refractivity contribution in [3.05, 3.63) is 58.8 Å². The fraction of sp³-hybridized carbons (Fsp3) is 0.176. The lowest BCUT2D eigenvalue weighted by Crippen LogP contribution is -2.05. The fourth-order valence-corrected chi connectivity index (χ4v) is 2.64. The van der Waals surface area contributed by atoms with Crippen molar-refractivity contribution in [3.8, 4) is 5.75 Å². The van der Waals surface area contributed by atoms with Crippen molar-refractivity contribution >= 4 is 32.6 Å². The molecule has 3 aromatic rings. The minimum absolute atomic E-state index is 0.0876. The third-order valence-corrected chi connectivity index (χ3v) is 3.89. The van der Waals surface area contributed by atoms with Crippen LogP contribution in [0.2, 0.25) is 0 Å². The van der Waals surface area contributed by atoms with Gasteiger partial charge >= 0.3 is 0 Å². The van der Waals surface area contributed by atoms with Gasteiger partial charge in [-0.25, -0.2) is 0 Å². The number of ether oxygens (including phenoxy) is 1. The summed E-state index contributed by atoms with van der Waals surface area (Å²) < 4.78 is 12.1. The van der Waals surface area contributed by atoms with Crippen molar-refractivity contribution in [1.29, 1.82) is 0 Å². The molecule has 21 heavy (non-hydrogen) atoms. The summed E-state index contributed by atoms with van der Waals surface area (Å²) in [5, 5.41) is 4.52. The molecule has 108 valence electrons. The third-order valence-electron chi connectivity index (χ3n) is 3.40. The largest absolute Gasteiger partial charge is 0.497 e. The first-order valence-electron chi connectivity index (χ1n) is 6.75. The molecule has 0 saturated heterocycles. The number of halogens is 1. The topological polar surface area (TPSA) is 34.4 Å². The Morgan fingerprint density at radius 1 is 1.10 bits per heavy atom. The number of methoxy groups -OCH3 is 1. The van der Waals surface area contributed by atoms with Gasteiger partial charge in [-0.15, -0.1) is 0 Å². The van der Waals surface area contributed by atoms with E-state index in [4.69, 9.17) is 9.15 Å². The number of fused-ring (bicyclic) bond motifs is 1. The van der Waals surface area contributed by atoms with E-state index in [1.165, 1.54) is 0 Å². The fourth-order valence-electron chi connectivity index (χ4n) is 2.26. The van der Waals surface area contributed by atoms with Gasteiger partial charge in [-0.1, -0.05) is 15.9 Å². The van der Waals surface area contributed by atoms with E-state index in [1.54, 1.807) is 7.11 Å². The summed E-state index contributed by atoms with van der Waals surface area (Å²) in [7, 11) is 1.66. The predicted molar refractivity (Wildman–Crippen MR) is 88.9 cm³/mol. The van der Waals surface area contributed by atoms with Gasteiger partial charge in [0.15, 0.2) is 0 Å². The summed E-state index contributed by atoms with van der Waals surface area (Å²) in [6.45, 7) is 2.08. The second-order valence-corrected chi connectivity index (χ2v) is 5.84. The van der Waals surface area contributed by atoms with Gasteiger partial charge in [0.25, 0.3) is 0 Å². The van der Waals surface area contributed by atoms with E-state index in [1.807, 2.05) is 36.4 Å². The number of rotatable bonds is 4. The molecule has 0 amide bonds. The molecule has 0 spiro atoms. The van der Waals surface area contributed by atoms with Gasteiger partial charge in [0, 0.05) is 15.5 Å². The zero-order valence-electron chi connectivity index (χ0n) is 11.9. The molecule has 0 fully saturated rings. The maximum atomic E-state index is 5.89. The first-order valence-corrected chi connectivity index (χ1v) is 7.54. The number of nitrogens with one attached hydrogen (secondary N) is 1. The molecule has 1 atom stereocenters. The number of benzene rings is 2. The van der Waals surface area contributed by atoms with Crippen LogP contribution in [0.3, 0.4) is 0 Å². The van der Waals surface area contributed by atoms with Crippen molar-refractivity contribution in [2.24, 2.45) is 0 Å². The molecule has 0 aliphatic carbocycles. The monoisotopic (exact) mass is 345 g/mol. The van der Waals surface area contributed by atoms with Gasteiger partial charge in [-0.05, 0) is 55.5 Å². The Morgan fingerprint density at radius 3 is 2.57 bits per heavy atom. The van der Waals surface area contributed by atoms with Crippen LogP contribution in [0, 0.1) is 0 Å². The van der Waals surface area contributed by atoms with Gasteiger partial charge in [-0.3, -0.25) is 0 Å². The van der Waals surface area contributed by atoms with Gasteiger partial charge in [-0.2, -0.15) is 0 Å². The van der Waals surface area contributed by atoms with E-state index < -0.39 is 0 Å². The second-order valence-electron chi connectivity index (χ2n) is 4.93. The quantitative estimate of drug-likeness (QED) is 0.689. The number of hydrogen-bond donors (Lipinski definition) is 1. The van der Waals surface area contributed by atoms with Crippen LogP contribution in [0.1, 0.15) is 18.7 Å². The number of hydrogen-bond acceptors (Lipinski definition) is 3. The van der Waals surface area contributed by atoms with Crippen molar-refractivity contribution in [1.82, 2.24) is 0 Å². The molecule has 3 rings (SSSR count). The van der Waals surface area contributed by atoms with Crippen molar-refractivity contribution in [2.45, 2.75) is 13.0 Å². The summed E-state index contributed by atoms with van der Waals surface area (Å²) >= 11 is 3.48. The first kappa shape index (κ1) is 14.0. The maximum Gasteiger partial charge on any atom is 0.134 e. The predicted octanol–water partition coefficient (Wildman–Crippen LogP) is 5.38. The molecule has 0 aliphatic heterocycles. The average molecular weight is 346 g/mol. The molecule has 0 saturated carbocycles. The molecule has 3 nitrogen and oxygen atoms in total. The van der Waals surface area contributed by atoms with E-state index >= 15 is 0 Å². The molecule has 1 heterocycles. The third kappa shape index (κ3) is 3.05. The first-order chi connectivity index (χ1) is 10.2. The van der Waals surface area contributed by atoms with E-state index in [0.29, 0.717) is 0 Å². The molecular weight excluding hydrogens is 330 g/mol. The van der Waals surface area contributed by atoms with Crippen LogP contribution in [0.15, 0.2) is 57.4 Å². The minimum atomic E-state index is 0.0876. The summed E-state index contributed by atoms with van der Waals surface area (Å²) in [6.07, 6.45) is 0. The van der Waals surface area contributed by atoms with Crippen molar-refractivity contribution in [2.75, 3.05) is 12.4 Å². The Kier molecular flexibility index (Phi) is 3.88. The molecule has 2 aromatic carbocycles. The van der Waals surface area contributed by atoms with Gasteiger partial charge in [0.05, 0.1) is 13.2 Å². The van der Waals surface area contributed by atoms with Crippen molar-refractivity contribution < 1.29 is 9.15 Å². The Hall–Kier alpha value is -1.94. The molecule has 1 unspecified atom stereocenters. The highest BCUT2D eigenvalue weighted by atomic mass is 79.9. The van der Waals surface area contributed by atoms with Crippen LogP contribution in [0.4, 0.5) is 5.69 Å². The van der Waals surface area contributed by atoms with Crippen LogP contribution in [-0.4, -0.2) is 7.11 Å². The Labute approximate surface area is 132 Å². The SMILES string of the molecule is COc1ccc(NC(C)c2cc3cc(Br)ccc3o2)cc1. The standard InChI is InChI=1S/C17H16BrNO2/c1-11(19-14-4-6-15(20-2)7-5-14)17-10-12-9-13(18)3-8-16(12)21-17/h3-11,19H,1-2H3. The van der Waals surface area contributed by atoms with Crippen LogP contribution in [0.25, 0.3) is 11.0 Å². The number of furan rings is 1. The maximum absolute atomic E-state index is 5.89. The summed E-state index contributed by atoms with van der Waals surface area (Å²) in [5.41, 5.74) is 1.93. The van der Waals surface area contributed by atoms with Gasteiger partial charge in [0.1, 0.15) is 17.1 Å². The lowest BCUT2D eigenvalue weighted by Gasteiger charge is -2.13. The highest BCUT2D eigenvalue weighted by Gasteiger charge is 2.11. The highest BCUT2D eigenvalue weighted by molar-refractivity contribution is 9.10. The molecule has 0 aliphatic rings. The normalized spacial score (nSPS) is 12.3. The lowest BCUT2D eigenvalue weighted by molar-refractivity contribution is 0.415. The Bertz CT molecular complexity index is 749. The van der Waals surface area contributed by atoms with Gasteiger partial charge in [0.2, 0.25) is 0 Å². The van der Waals surface area contributed by atoms with E-state index in [0.717, 1.165) is 32.6 Å². The Balaban J connectivity index is 1.80. The van der Waals surface area contributed by atoms with Gasteiger partial charge < -0.3 is 14.5 Å². The lowest BCUT2D eigenvalue weighted by atomic mass is 10.2. The molecule has 1 N–H and O–H groups in total. The minimum Gasteiger partial charge on any atom is -0.497 e.